The minimum absolute atomic E-state index is 0.0255. The van der Waals surface area contributed by atoms with Crippen molar-refractivity contribution >= 4 is 5.91 Å². The lowest BCUT2D eigenvalue weighted by molar-refractivity contribution is -0.948. The van der Waals surface area contributed by atoms with Crippen molar-refractivity contribution in [2.45, 2.75) is 52.2 Å². The third-order valence-corrected chi connectivity index (χ3v) is 6.17. The lowest BCUT2D eigenvalue weighted by atomic mass is 9.86. The minimum atomic E-state index is -0.230. The molecule has 5 nitrogen and oxygen atoms in total. The summed E-state index contributed by atoms with van der Waals surface area (Å²) in [6.07, 6.45) is 1.71. The van der Waals surface area contributed by atoms with Crippen molar-refractivity contribution in [2.75, 3.05) is 20.8 Å². The van der Waals surface area contributed by atoms with Crippen molar-refractivity contribution in [3.05, 3.63) is 58.9 Å². The Kier molecular flexibility index (Phi) is 7.55. The lowest BCUT2D eigenvalue weighted by Crippen LogP contribution is -3.13. The number of nitrogens with one attached hydrogen (secondary N) is 2. The number of halogens is 1. The van der Waals surface area contributed by atoms with Gasteiger partial charge in [0.25, 0.3) is 0 Å². The molecule has 0 spiro atoms. The van der Waals surface area contributed by atoms with Gasteiger partial charge < -0.3 is 19.7 Å². The summed E-state index contributed by atoms with van der Waals surface area (Å²) in [5.41, 5.74) is 3.48. The van der Waals surface area contributed by atoms with E-state index >= 15 is 0 Å². The van der Waals surface area contributed by atoms with Crippen LogP contribution < -0.4 is 19.7 Å². The maximum absolute atomic E-state index is 13.4. The first kappa shape index (κ1) is 23.1. The summed E-state index contributed by atoms with van der Waals surface area (Å²) >= 11 is 0. The maximum Gasteiger partial charge on any atom is 0.222 e. The standard InChI is InChI=1S/C25H33FN2O3/c1-6-21(27-25(29)16(2)3)24-20-14-23(31-5)22(30-4)13-18(20)11-12-28(24)15-17-7-9-19(26)10-8-17/h7-10,13-14,16,21,24H,6,11-12,15H2,1-5H3,(H,27,29)/p+1/t21-,24-/m1/s1. The molecule has 0 bridgehead atoms. The second kappa shape index (κ2) is 10.1. The van der Waals surface area contributed by atoms with Gasteiger partial charge in [-0.2, -0.15) is 0 Å². The van der Waals surface area contributed by atoms with Crippen molar-refractivity contribution in [1.29, 1.82) is 0 Å². The summed E-state index contributed by atoms with van der Waals surface area (Å²) in [5, 5.41) is 3.28. The molecule has 0 saturated heterocycles. The summed E-state index contributed by atoms with van der Waals surface area (Å²) in [6.45, 7) is 7.60. The van der Waals surface area contributed by atoms with Gasteiger partial charge >= 0.3 is 0 Å². The predicted octanol–water partition coefficient (Wildman–Crippen LogP) is 3.08. The largest absolute Gasteiger partial charge is 0.493 e. The molecule has 3 atom stereocenters. The fourth-order valence-electron chi connectivity index (χ4n) is 4.45. The molecule has 1 amide bonds. The van der Waals surface area contributed by atoms with Gasteiger partial charge in [-0.25, -0.2) is 4.39 Å². The first-order valence-electron chi connectivity index (χ1n) is 11.0. The molecule has 1 unspecified atom stereocenters. The molecule has 2 aromatic carbocycles. The Balaban J connectivity index is 2.02. The zero-order chi connectivity index (χ0) is 22.5. The predicted molar refractivity (Wildman–Crippen MR) is 119 cm³/mol. The number of hydrogen-bond acceptors (Lipinski definition) is 3. The molecule has 2 aromatic rings. The van der Waals surface area contributed by atoms with Gasteiger partial charge in [-0.3, -0.25) is 4.79 Å². The van der Waals surface area contributed by atoms with Gasteiger partial charge in [0.15, 0.2) is 11.5 Å². The highest BCUT2D eigenvalue weighted by Gasteiger charge is 2.38. The molecule has 0 fully saturated rings. The van der Waals surface area contributed by atoms with E-state index in [1.807, 2.05) is 26.0 Å². The monoisotopic (exact) mass is 429 g/mol. The SMILES string of the molecule is CC[C@@H](NC(=O)C(C)C)[C@H]1c2cc(OC)c(OC)cc2CC[NH+]1Cc1ccc(F)cc1. The molecular weight excluding hydrogens is 395 g/mol. The van der Waals surface area contributed by atoms with Crippen LogP contribution in [0.1, 0.15) is 49.9 Å². The summed E-state index contributed by atoms with van der Waals surface area (Å²) in [4.78, 5) is 13.9. The van der Waals surface area contributed by atoms with Crippen molar-refractivity contribution in [3.8, 4) is 11.5 Å². The van der Waals surface area contributed by atoms with E-state index in [0.29, 0.717) is 5.75 Å². The number of carbonyl (C=O) groups is 1. The quantitative estimate of drug-likeness (QED) is 0.678. The third kappa shape index (κ3) is 5.18. The first-order chi connectivity index (χ1) is 14.9. The Morgan fingerprint density at radius 2 is 1.81 bits per heavy atom. The molecule has 0 aromatic heterocycles. The van der Waals surface area contributed by atoms with Gasteiger partial charge in [-0.15, -0.1) is 0 Å². The third-order valence-electron chi connectivity index (χ3n) is 6.17. The summed E-state index contributed by atoms with van der Waals surface area (Å²) in [6, 6.07) is 10.9. The number of ether oxygens (including phenoxy) is 2. The lowest BCUT2D eigenvalue weighted by Gasteiger charge is -2.39. The van der Waals surface area contributed by atoms with E-state index < -0.39 is 0 Å². The van der Waals surface area contributed by atoms with Crippen molar-refractivity contribution in [2.24, 2.45) is 5.92 Å². The van der Waals surface area contributed by atoms with Gasteiger partial charge in [0.2, 0.25) is 5.91 Å². The molecule has 0 radical (unpaired) electrons. The van der Waals surface area contributed by atoms with Crippen LogP contribution in [0.4, 0.5) is 4.39 Å². The number of rotatable bonds is 8. The normalized spacial score (nSPS) is 18.9. The van der Waals surface area contributed by atoms with Crippen LogP contribution in [-0.2, 0) is 17.8 Å². The number of hydrogen-bond donors (Lipinski definition) is 2. The topological polar surface area (TPSA) is 52.0 Å². The number of amides is 1. The molecule has 3 rings (SSSR count). The van der Waals surface area contributed by atoms with Crippen LogP contribution in [0.2, 0.25) is 0 Å². The molecule has 1 aliphatic heterocycles. The van der Waals surface area contributed by atoms with Gasteiger partial charge in [0.1, 0.15) is 18.4 Å². The second-order valence-electron chi connectivity index (χ2n) is 8.52. The molecule has 168 valence electrons. The zero-order valence-electron chi connectivity index (χ0n) is 19.1. The van der Waals surface area contributed by atoms with E-state index in [2.05, 4.69) is 24.4 Å². The summed E-state index contributed by atoms with van der Waals surface area (Å²) in [5.74, 6) is 1.16. The van der Waals surface area contributed by atoms with E-state index in [0.717, 1.165) is 37.2 Å². The van der Waals surface area contributed by atoms with Crippen LogP contribution in [0.5, 0.6) is 11.5 Å². The van der Waals surface area contributed by atoms with Crippen LogP contribution in [0.25, 0.3) is 0 Å². The van der Waals surface area contributed by atoms with E-state index in [1.165, 1.54) is 28.2 Å². The molecule has 0 saturated carbocycles. The molecule has 6 heteroatoms. The Morgan fingerprint density at radius 3 is 2.39 bits per heavy atom. The molecule has 0 aliphatic carbocycles. The number of fused-ring (bicyclic) bond motifs is 1. The average Bonchev–Trinajstić information content (AvgIpc) is 2.77. The number of carbonyl (C=O) groups excluding carboxylic acids is 1. The Labute approximate surface area is 184 Å². The van der Waals surface area contributed by atoms with Crippen LogP contribution in [0.3, 0.4) is 0 Å². The highest BCUT2D eigenvalue weighted by molar-refractivity contribution is 5.78. The molecular formula is C25H34FN2O3+. The van der Waals surface area contributed by atoms with Gasteiger partial charge in [-0.1, -0.05) is 32.9 Å². The number of benzene rings is 2. The van der Waals surface area contributed by atoms with Crippen molar-refractivity contribution in [3.63, 3.8) is 0 Å². The second-order valence-corrected chi connectivity index (χ2v) is 8.52. The van der Waals surface area contributed by atoms with Crippen LogP contribution >= 0.6 is 0 Å². The number of methoxy groups -OCH3 is 2. The highest BCUT2D eigenvalue weighted by Crippen LogP contribution is 2.35. The smallest absolute Gasteiger partial charge is 0.222 e. The molecule has 1 aliphatic rings. The van der Waals surface area contributed by atoms with E-state index in [4.69, 9.17) is 9.47 Å². The summed E-state index contributed by atoms with van der Waals surface area (Å²) < 4.78 is 24.5. The van der Waals surface area contributed by atoms with E-state index in [9.17, 15) is 9.18 Å². The van der Waals surface area contributed by atoms with Crippen LogP contribution in [0.15, 0.2) is 36.4 Å². The fourth-order valence-corrected chi connectivity index (χ4v) is 4.45. The first-order valence-corrected chi connectivity index (χ1v) is 11.0. The van der Waals surface area contributed by atoms with Crippen molar-refractivity contribution < 1.29 is 23.6 Å². The number of quaternary nitrogens is 1. The van der Waals surface area contributed by atoms with Crippen LogP contribution in [0, 0.1) is 11.7 Å². The highest BCUT2D eigenvalue weighted by atomic mass is 19.1. The average molecular weight is 430 g/mol. The van der Waals surface area contributed by atoms with Crippen molar-refractivity contribution in [1.82, 2.24) is 5.32 Å². The maximum atomic E-state index is 13.4. The van der Waals surface area contributed by atoms with E-state index in [-0.39, 0.29) is 29.7 Å². The molecule has 2 N–H and O–H groups in total. The molecule has 1 heterocycles. The Morgan fingerprint density at radius 1 is 1.16 bits per heavy atom. The fraction of sp³-hybridized carbons (Fsp3) is 0.480. The van der Waals surface area contributed by atoms with Gasteiger partial charge in [0.05, 0.1) is 26.8 Å². The minimum Gasteiger partial charge on any atom is -0.493 e. The molecule has 31 heavy (non-hydrogen) atoms. The Bertz CT molecular complexity index is 898. The van der Waals surface area contributed by atoms with Gasteiger partial charge in [0, 0.05) is 23.5 Å². The van der Waals surface area contributed by atoms with E-state index in [1.54, 1.807) is 14.2 Å². The van der Waals surface area contributed by atoms with Gasteiger partial charge in [-0.05, 0) is 36.2 Å². The Hall–Kier alpha value is -2.60. The summed E-state index contributed by atoms with van der Waals surface area (Å²) in [7, 11) is 3.29. The van der Waals surface area contributed by atoms with Crippen LogP contribution in [-0.4, -0.2) is 32.7 Å². The zero-order valence-corrected chi connectivity index (χ0v) is 19.1.